The van der Waals surface area contributed by atoms with Gasteiger partial charge in [0.25, 0.3) is 11.6 Å². The second-order valence-corrected chi connectivity index (χ2v) is 4.55. The zero-order chi connectivity index (χ0) is 15.4. The Morgan fingerprint density at radius 2 is 1.71 bits per heavy atom. The third kappa shape index (κ3) is 3.36. The summed E-state index contributed by atoms with van der Waals surface area (Å²) in [7, 11) is 3.32. The summed E-state index contributed by atoms with van der Waals surface area (Å²) < 4.78 is 5.65. The van der Waals surface area contributed by atoms with Crippen LogP contribution in [0.4, 0.5) is 5.69 Å². The second-order valence-electron chi connectivity index (χ2n) is 4.55. The Morgan fingerprint density at radius 3 is 2.29 bits per heavy atom. The fourth-order valence-corrected chi connectivity index (χ4v) is 1.74. The Morgan fingerprint density at radius 1 is 1.10 bits per heavy atom. The molecule has 0 saturated carbocycles. The Bertz CT molecular complexity index is 666. The van der Waals surface area contributed by atoms with Gasteiger partial charge in [-0.1, -0.05) is 12.1 Å². The van der Waals surface area contributed by atoms with Crippen LogP contribution in [0, 0.1) is 10.1 Å². The number of rotatable bonds is 4. The van der Waals surface area contributed by atoms with Crippen LogP contribution < -0.4 is 4.74 Å². The lowest BCUT2D eigenvalue weighted by molar-refractivity contribution is -0.384. The van der Waals surface area contributed by atoms with Crippen LogP contribution in [0.25, 0.3) is 0 Å². The van der Waals surface area contributed by atoms with E-state index in [1.165, 1.54) is 29.2 Å². The van der Waals surface area contributed by atoms with Crippen LogP contribution in [0.1, 0.15) is 10.4 Å². The monoisotopic (exact) mass is 286 g/mol. The van der Waals surface area contributed by atoms with Crippen LogP contribution in [0.5, 0.6) is 11.5 Å². The molecule has 0 unspecified atom stereocenters. The number of non-ortho nitro benzene ring substituents is 1. The predicted molar refractivity (Wildman–Crippen MR) is 77.6 cm³/mol. The van der Waals surface area contributed by atoms with Gasteiger partial charge >= 0.3 is 0 Å². The molecule has 6 heteroatoms. The van der Waals surface area contributed by atoms with E-state index in [9.17, 15) is 14.9 Å². The molecule has 0 heterocycles. The van der Waals surface area contributed by atoms with Crippen molar-refractivity contribution in [2.45, 2.75) is 0 Å². The molecule has 6 nitrogen and oxygen atoms in total. The smallest absolute Gasteiger partial charge is 0.269 e. The van der Waals surface area contributed by atoms with E-state index in [0.717, 1.165) is 0 Å². The zero-order valence-corrected chi connectivity index (χ0v) is 11.6. The molecule has 2 aromatic rings. The van der Waals surface area contributed by atoms with Crippen molar-refractivity contribution < 1.29 is 14.5 Å². The highest BCUT2D eigenvalue weighted by atomic mass is 16.6. The molecule has 1 amide bonds. The number of hydrogen-bond donors (Lipinski definition) is 0. The molecule has 0 atom stereocenters. The van der Waals surface area contributed by atoms with E-state index in [0.29, 0.717) is 17.1 Å². The molecule has 0 radical (unpaired) electrons. The van der Waals surface area contributed by atoms with Crippen LogP contribution in [-0.2, 0) is 0 Å². The molecule has 108 valence electrons. The van der Waals surface area contributed by atoms with Crippen molar-refractivity contribution in [3.05, 3.63) is 64.2 Å². The molecule has 2 aromatic carbocycles. The summed E-state index contributed by atoms with van der Waals surface area (Å²) in [6.07, 6.45) is 0. The number of hydrogen-bond acceptors (Lipinski definition) is 4. The third-order valence-corrected chi connectivity index (χ3v) is 2.80. The van der Waals surface area contributed by atoms with E-state index in [1.54, 1.807) is 38.4 Å². The first-order chi connectivity index (χ1) is 9.99. The summed E-state index contributed by atoms with van der Waals surface area (Å²) in [4.78, 5) is 23.6. The standard InChI is InChI=1S/C15H14N2O4/c1-16(2)15(18)13-5-3-4-6-14(13)21-12-9-7-11(8-10-12)17(19)20/h3-10H,1-2H3. The number of carbonyl (C=O) groups is 1. The molecule has 0 bridgehead atoms. The molecule has 21 heavy (non-hydrogen) atoms. The van der Waals surface area contributed by atoms with Crippen molar-refractivity contribution in [1.82, 2.24) is 4.90 Å². The van der Waals surface area contributed by atoms with Gasteiger partial charge in [0.1, 0.15) is 11.5 Å². The summed E-state index contributed by atoms with van der Waals surface area (Å²) in [6.45, 7) is 0. The van der Waals surface area contributed by atoms with Crippen molar-refractivity contribution in [3.63, 3.8) is 0 Å². The molecule has 2 rings (SSSR count). The van der Waals surface area contributed by atoms with Gasteiger partial charge in [0.15, 0.2) is 0 Å². The van der Waals surface area contributed by atoms with Crippen LogP contribution in [-0.4, -0.2) is 29.8 Å². The molecule has 0 spiro atoms. The molecule has 0 aliphatic carbocycles. The van der Waals surface area contributed by atoms with Crippen LogP contribution in [0.15, 0.2) is 48.5 Å². The van der Waals surface area contributed by atoms with Gasteiger partial charge in [0.05, 0.1) is 10.5 Å². The van der Waals surface area contributed by atoms with E-state index in [1.807, 2.05) is 0 Å². The van der Waals surface area contributed by atoms with Gasteiger partial charge in [-0.2, -0.15) is 0 Å². The fraction of sp³-hybridized carbons (Fsp3) is 0.133. The van der Waals surface area contributed by atoms with Gasteiger partial charge in [0, 0.05) is 26.2 Å². The predicted octanol–water partition coefficient (Wildman–Crippen LogP) is 3.09. The lowest BCUT2D eigenvalue weighted by atomic mass is 10.2. The lowest BCUT2D eigenvalue weighted by Gasteiger charge is -2.14. The van der Waals surface area contributed by atoms with E-state index >= 15 is 0 Å². The summed E-state index contributed by atoms with van der Waals surface area (Å²) in [5.41, 5.74) is 0.417. The maximum atomic E-state index is 12.1. The molecule has 0 aliphatic rings. The lowest BCUT2D eigenvalue weighted by Crippen LogP contribution is -2.22. The molecule has 0 saturated heterocycles. The third-order valence-electron chi connectivity index (χ3n) is 2.80. The quantitative estimate of drug-likeness (QED) is 0.639. The number of nitrogens with zero attached hydrogens (tertiary/aromatic N) is 2. The van der Waals surface area contributed by atoms with E-state index in [-0.39, 0.29) is 11.6 Å². The van der Waals surface area contributed by atoms with E-state index in [4.69, 9.17) is 4.74 Å². The normalized spacial score (nSPS) is 10.0. The Kier molecular flexibility index (Phi) is 4.18. The Hall–Kier alpha value is -2.89. The number of amides is 1. The maximum Gasteiger partial charge on any atom is 0.269 e. The van der Waals surface area contributed by atoms with Crippen molar-refractivity contribution in [2.24, 2.45) is 0 Å². The van der Waals surface area contributed by atoms with Crippen LogP contribution in [0.2, 0.25) is 0 Å². The summed E-state index contributed by atoms with van der Waals surface area (Å²) in [6, 6.07) is 12.6. The maximum absolute atomic E-state index is 12.1. The molecular formula is C15H14N2O4. The first kappa shape index (κ1) is 14.5. The van der Waals surface area contributed by atoms with Gasteiger partial charge in [0.2, 0.25) is 0 Å². The van der Waals surface area contributed by atoms with E-state index < -0.39 is 4.92 Å². The van der Waals surface area contributed by atoms with Crippen molar-refractivity contribution in [3.8, 4) is 11.5 Å². The highest BCUT2D eigenvalue weighted by Gasteiger charge is 2.14. The minimum Gasteiger partial charge on any atom is -0.457 e. The van der Waals surface area contributed by atoms with E-state index in [2.05, 4.69) is 0 Å². The van der Waals surface area contributed by atoms with Crippen molar-refractivity contribution in [2.75, 3.05) is 14.1 Å². The highest BCUT2D eigenvalue weighted by Crippen LogP contribution is 2.27. The summed E-state index contributed by atoms with van der Waals surface area (Å²) in [5, 5.41) is 10.6. The van der Waals surface area contributed by atoms with Gasteiger partial charge in [-0.3, -0.25) is 14.9 Å². The number of nitro benzene ring substituents is 1. The molecule has 0 aromatic heterocycles. The summed E-state index contributed by atoms with van der Waals surface area (Å²) >= 11 is 0. The highest BCUT2D eigenvalue weighted by molar-refractivity contribution is 5.96. The Labute approximate surface area is 121 Å². The van der Waals surface area contributed by atoms with Crippen LogP contribution >= 0.6 is 0 Å². The second kappa shape index (κ2) is 6.04. The van der Waals surface area contributed by atoms with Gasteiger partial charge in [-0.15, -0.1) is 0 Å². The average molecular weight is 286 g/mol. The molecular weight excluding hydrogens is 272 g/mol. The minimum atomic E-state index is -0.479. The Balaban J connectivity index is 2.27. The van der Waals surface area contributed by atoms with Crippen molar-refractivity contribution >= 4 is 11.6 Å². The number of para-hydroxylation sites is 1. The van der Waals surface area contributed by atoms with Crippen LogP contribution in [0.3, 0.4) is 0 Å². The van der Waals surface area contributed by atoms with Crippen molar-refractivity contribution in [1.29, 1.82) is 0 Å². The molecule has 0 fully saturated rings. The van der Waals surface area contributed by atoms with Gasteiger partial charge in [-0.05, 0) is 24.3 Å². The number of nitro groups is 1. The first-order valence-corrected chi connectivity index (χ1v) is 6.22. The topological polar surface area (TPSA) is 72.7 Å². The average Bonchev–Trinajstić information content (AvgIpc) is 2.47. The first-order valence-electron chi connectivity index (χ1n) is 6.22. The number of benzene rings is 2. The zero-order valence-electron chi connectivity index (χ0n) is 11.6. The van der Waals surface area contributed by atoms with Gasteiger partial charge < -0.3 is 9.64 Å². The molecule has 0 aliphatic heterocycles. The minimum absolute atomic E-state index is 0.0139. The van der Waals surface area contributed by atoms with Gasteiger partial charge in [-0.25, -0.2) is 0 Å². The fourth-order valence-electron chi connectivity index (χ4n) is 1.74. The largest absolute Gasteiger partial charge is 0.457 e. The number of carbonyl (C=O) groups excluding carboxylic acids is 1. The summed E-state index contributed by atoms with van der Waals surface area (Å²) in [5.74, 6) is 0.664. The number of ether oxygens (including phenoxy) is 1. The SMILES string of the molecule is CN(C)C(=O)c1ccccc1Oc1ccc([N+](=O)[O-])cc1. The molecule has 0 N–H and O–H groups in total.